The number of carbonyl (C=O) groups is 5. The van der Waals surface area contributed by atoms with Gasteiger partial charge in [0.1, 0.15) is 17.6 Å². The molecule has 7 rings (SSSR count). The van der Waals surface area contributed by atoms with Crippen LogP contribution in [-0.4, -0.2) is 34.9 Å². The average molecular weight is 645 g/mol. The molecule has 4 aromatic rings. The van der Waals surface area contributed by atoms with E-state index in [1.807, 2.05) is 30.3 Å². The minimum absolute atomic E-state index is 0.0938. The van der Waals surface area contributed by atoms with E-state index >= 15 is 0 Å². The van der Waals surface area contributed by atoms with Crippen LogP contribution in [0.15, 0.2) is 103 Å². The van der Waals surface area contributed by atoms with Crippen molar-refractivity contribution in [2.24, 2.45) is 11.8 Å². The topological polar surface area (TPSA) is 142 Å². The fourth-order valence-corrected chi connectivity index (χ4v) is 6.73. The largest absolute Gasteiger partial charge is 0.457 e. The summed E-state index contributed by atoms with van der Waals surface area (Å²) in [6.07, 6.45) is 2.54. The van der Waals surface area contributed by atoms with Gasteiger partial charge in [-0.3, -0.25) is 29.2 Å². The van der Waals surface area contributed by atoms with Crippen molar-refractivity contribution in [2.75, 3.05) is 0 Å². The molecule has 10 heteroatoms. The Bertz CT molecular complexity index is 1950. The summed E-state index contributed by atoms with van der Waals surface area (Å²) in [5.74, 6) is -4.67. The number of fused-ring (bicyclic) bond motifs is 3. The van der Waals surface area contributed by atoms with Crippen LogP contribution in [0.1, 0.15) is 69.0 Å². The first-order valence-electron chi connectivity index (χ1n) is 15.4. The van der Waals surface area contributed by atoms with Crippen LogP contribution in [0, 0.1) is 11.8 Å². The normalized spacial score (nSPS) is 22.2. The zero-order valence-electron chi connectivity index (χ0n) is 25.3. The molecule has 48 heavy (non-hydrogen) atoms. The van der Waals surface area contributed by atoms with Gasteiger partial charge in [-0.25, -0.2) is 4.89 Å². The second-order valence-corrected chi connectivity index (χ2v) is 11.9. The zero-order chi connectivity index (χ0) is 33.4. The summed E-state index contributed by atoms with van der Waals surface area (Å²) in [5.41, 5.74) is 3.93. The maximum atomic E-state index is 12.7. The molecule has 2 heterocycles. The van der Waals surface area contributed by atoms with Gasteiger partial charge < -0.3 is 14.2 Å². The van der Waals surface area contributed by atoms with Gasteiger partial charge in [-0.2, -0.15) is 0 Å². The highest BCUT2D eigenvalue weighted by atomic mass is 17.1. The first kappa shape index (κ1) is 30.9. The highest BCUT2D eigenvalue weighted by Crippen LogP contribution is 2.51. The van der Waals surface area contributed by atoms with E-state index in [1.54, 1.807) is 72.8 Å². The Morgan fingerprint density at radius 2 is 1.40 bits per heavy atom. The summed E-state index contributed by atoms with van der Waals surface area (Å²) in [7, 11) is 0. The smallest absolute Gasteiger partial charge is 0.321 e. The number of carbonyl (C=O) groups excluding carboxylic acids is 5. The number of esters is 4. The Labute approximate surface area is 274 Å². The molecule has 4 aromatic carbocycles. The van der Waals surface area contributed by atoms with Gasteiger partial charge in [0.2, 0.25) is 0 Å². The molecule has 10 nitrogen and oxygen atoms in total. The summed E-state index contributed by atoms with van der Waals surface area (Å²) in [4.78, 5) is 66.7. The summed E-state index contributed by atoms with van der Waals surface area (Å²) in [6.45, 7) is 0. The molecule has 240 valence electrons. The Morgan fingerprint density at radius 1 is 0.729 bits per heavy atom. The monoisotopic (exact) mass is 644 g/mol. The van der Waals surface area contributed by atoms with Crippen molar-refractivity contribution in [2.45, 2.75) is 30.8 Å². The molecule has 0 bridgehead atoms. The predicted molar refractivity (Wildman–Crippen MR) is 169 cm³/mol. The first-order valence-corrected chi connectivity index (χ1v) is 15.4. The SMILES string of the molecule is O=C1CC(C2CC3C(=O)OC(=O)C3c3cc(Oc4ccc(C(OO)c5ccc(/C=C/C(=O)c6ccccc6)cc5)cc4)ccc32)C(=O)O1. The standard InChI is InChI=1S/C38H28O10/c39-32(22-4-2-1-3-5-22)17-8-21-6-9-23(10-7-21)35(48-44)24-11-13-25(14-12-24)45-26-15-16-27-28(30-20-33(40)46-36(30)41)19-31-34(29(27)18-26)38(43)47-37(31)42/h1-18,28,30-31,34-35,44H,19-20H2/b17-8+. The zero-order valence-corrected chi connectivity index (χ0v) is 25.3. The lowest BCUT2D eigenvalue weighted by molar-refractivity contribution is -0.270. The number of ketones is 1. The summed E-state index contributed by atoms with van der Waals surface area (Å²) in [6, 6.07) is 28.2. The third-order valence-electron chi connectivity index (χ3n) is 9.10. The fraction of sp³-hybridized carbons (Fsp3) is 0.184. The van der Waals surface area contributed by atoms with E-state index in [0.29, 0.717) is 39.3 Å². The molecule has 5 unspecified atom stereocenters. The molecule has 2 aliphatic heterocycles. The van der Waals surface area contributed by atoms with Gasteiger partial charge >= 0.3 is 23.9 Å². The minimum atomic E-state index is -0.837. The molecule has 0 spiro atoms. The van der Waals surface area contributed by atoms with Gasteiger partial charge in [0.05, 0.1) is 24.2 Å². The van der Waals surface area contributed by atoms with Crippen molar-refractivity contribution < 1.29 is 48.3 Å². The molecule has 0 radical (unpaired) electrons. The van der Waals surface area contributed by atoms with Crippen molar-refractivity contribution in [3.8, 4) is 11.5 Å². The number of cyclic esters (lactones) is 4. The van der Waals surface area contributed by atoms with E-state index in [0.717, 1.165) is 5.56 Å². The summed E-state index contributed by atoms with van der Waals surface area (Å²) in [5, 5.41) is 9.77. The first-order chi connectivity index (χ1) is 23.3. The van der Waals surface area contributed by atoms with Crippen LogP contribution >= 0.6 is 0 Å². The number of allylic oxidation sites excluding steroid dienone is 1. The van der Waals surface area contributed by atoms with Crippen LogP contribution in [0.4, 0.5) is 0 Å². The van der Waals surface area contributed by atoms with E-state index < -0.39 is 53.7 Å². The summed E-state index contributed by atoms with van der Waals surface area (Å²) >= 11 is 0. The number of hydrogen-bond donors (Lipinski definition) is 1. The van der Waals surface area contributed by atoms with E-state index in [1.165, 1.54) is 6.08 Å². The third-order valence-corrected chi connectivity index (χ3v) is 9.10. The molecule has 3 aliphatic rings. The van der Waals surface area contributed by atoms with Crippen molar-refractivity contribution >= 4 is 35.7 Å². The molecular weight excluding hydrogens is 616 g/mol. The Balaban J connectivity index is 1.07. The molecule has 0 aromatic heterocycles. The van der Waals surface area contributed by atoms with E-state index in [9.17, 15) is 29.2 Å². The van der Waals surface area contributed by atoms with E-state index in [-0.39, 0.29) is 18.6 Å². The quantitative estimate of drug-likeness (QED) is 0.0550. The van der Waals surface area contributed by atoms with Crippen LogP contribution in [0.5, 0.6) is 11.5 Å². The van der Waals surface area contributed by atoms with Crippen LogP contribution in [0.3, 0.4) is 0 Å². The van der Waals surface area contributed by atoms with Crippen LogP contribution < -0.4 is 4.74 Å². The maximum Gasteiger partial charge on any atom is 0.321 e. The number of benzene rings is 4. The van der Waals surface area contributed by atoms with Crippen molar-refractivity contribution in [1.29, 1.82) is 0 Å². The molecule has 1 aliphatic carbocycles. The molecule has 0 saturated carbocycles. The lowest BCUT2D eigenvalue weighted by Crippen LogP contribution is -2.31. The van der Waals surface area contributed by atoms with Crippen molar-refractivity contribution in [3.05, 3.63) is 137 Å². The second-order valence-electron chi connectivity index (χ2n) is 11.9. The van der Waals surface area contributed by atoms with Gasteiger partial charge in [-0.05, 0) is 70.5 Å². The number of hydrogen-bond acceptors (Lipinski definition) is 10. The van der Waals surface area contributed by atoms with Crippen molar-refractivity contribution in [1.82, 2.24) is 0 Å². The predicted octanol–water partition coefficient (Wildman–Crippen LogP) is 6.31. The Morgan fingerprint density at radius 3 is 2.06 bits per heavy atom. The average Bonchev–Trinajstić information content (AvgIpc) is 3.60. The highest BCUT2D eigenvalue weighted by Gasteiger charge is 2.53. The van der Waals surface area contributed by atoms with Gasteiger partial charge in [0.15, 0.2) is 5.78 Å². The fourth-order valence-electron chi connectivity index (χ4n) is 6.73. The molecule has 2 fully saturated rings. The maximum absolute atomic E-state index is 12.7. The molecule has 2 saturated heterocycles. The molecule has 0 amide bonds. The van der Waals surface area contributed by atoms with Gasteiger partial charge in [-0.15, -0.1) is 0 Å². The number of rotatable bonds is 9. The Kier molecular flexibility index (Phi) is 8.26. The van der Waals surface area contributed by atoms with Gasteiger partial charge in [0.25, 0.3) is 0 Å². The van der Waals surface area contributed by atoms with Gasteiger partial charge in [0, 0.05) is 5.56 Å². The van der Waals surface area contributed by atoms with Crippen LogP contribution in [0.25, 0.3) is 6.08 Å². The van der Waals surface area contributed by atoms with Crippen LogP contribution in [0.2, 0.25) is 0 Å². The second kappa shape index (κ2) is 12.8. The summed E-state index contributed by atoms with van der Waals surface area (Å²) < 4.78 is 15.8. The van der Waals surface area contributed by atoms with Crippen LogP contribution in [-0.2, 0) is 33.5 Å². The van der Waals surface area contributed by atoms with Crippen molar-refractivity contribution in [3.63, 3.8) is 0 Å². The Hall–Kier alpha value is -5.71. The molecule has 5 atom stereocenters. The molecule has 1 N–H and O–H groups in total. The number of ether oxygens (including phenoxy) is 3. The lowest BCUT2D eigenvalue weighted by Gasteiger charge is -2.33. The van der Waals surface area contributed by atoms with E-state index in [2.05, 4.69) is 0 Å². The lowest BCUT2D eigenvalue weighted by atomic mass is 9.67. The highest BCUT2D eigenvalue weighted by molar-refractivity contribution is 6.06. The van der Waals surface area contributed by atoms with Gasteiger partial charge in [-0.1, -0.05) is 78.9 Å². The van der Waals surface area contributed by atoms with E-state index in [4.69, 9.17) is 19.1 Å². The minimum Gasteiger partial charge on any atom is -0.457 e. The third kappa shape index (κ3) is 5.94. The molecular formula is C38H28O10.